The highest BCUT2D eigenvalue weighted by Crippen LogP contribution is 2.33. The minimum atomic E-state index is -0.217. The number of benzene rings is 2. The SMILES string of the molecule is COc1ccccc1OCC(=O)Nc1c(Br)cc(Br)cc1CN(C)C1CCCCC1. The normalized spacial score (nSPS) is 14.6. The summed E-state index contributed by atoms with van der Waals surface area (Å²) in [6, 6.07) is 11.9. The number of methoxy groups -OCH3 is 1. The van der Waals surface area contributed by atoms with Crippen molar-refractivity contribution in [3.63, 3.8) is 0 Å². The van der Waals surface area contributed by atoms with Gasteiger partial charge in [-0.25, -0.2) is 0 Å². The summed E-state index contributed by atoms with van der Waals surface area (Å²) in [7, 11) is 3.75. The van der Waals surface area contributed by atoms with Crippen LogP contribution in [-0.4, -0.2) is 37.6 Å². The molecule has 0 aromatic heterocycles. The molecule has 1 aliphatic carbocycles. The number of halogens is 2. The molecule has 2 aromatic carbocycles. The van der Waals surface area contributed by atoms with Gasteiger partial charge in [0.1, 0.15) is 0 Å². The fraction of sp³-hybridized carbons (Fsp3) is 0.435. The fourth-order valence-electron chi connectivity index (χ4n) is 3.87. The number of amides is 1. The van der Waals surface area contributed by atoms with Crippen LogP contribution in [0.5, 0.6) is 11.5 Å². The summed E-state index contributed by atoms with van der Waals surface area (Å²) >= 11 is 7.18. The van der Waals surface area contributed by atoms with Crippen LogP contribution in [0.25, 0.3) is 0 Å². The lowest BCUT2D eigenvalue weighted by Crippen LogP contribution is -2.33. The lowest BCUT2D eigenvalue weighted by atomic mass is 9.94. The molecule has 7 heteroatoms. The van der Waals surface area contributed by atoms with Gasteiger partial charge in [-0.2, -0.15) is 0 Å². The molecule has 1 fully saturated rings. The van der Waals surface area contributed by atoms with Crippen molar-refractivity contribution in [1.82, 2.24) is 4.90 Å². The maximum Gasteiger partial charge on any atom is 0.262 e. The lowest BCUT2D eigenvalue weighted by Gasteiger charge is -2.32. The number of hydrogen-bond acceptors (Lipinski definition) is 4. The molecule has 1 N–H and O–H groups in total. The Morgan fingerprint density at radius 1 is 1.13 bits per heavy atom. The Hall–Kier alpha value is -1.57. The first-order valence-electron chi connectivity index (χ1n) is 10.2. The van der Waals surface area contributed by atoms with Gasteiger partial charge in [0, 0.05) is 21.5 Å². The van der Waals surface area contributed by atoms with E-state index in [1.54, 1.807) is 19.2 Å². The predicted molar refractivity (Wildman–Crippen MR) is 127 cm³/mol. The predicted octanol–water partition coefficient (Wildman–Crippen LogP) is 6.00. The lowest BCUT2D eigenvalue weighted by molar-refractivity contribution is -0.118. The van der Waals surface area contributed by atoms with Crippen molar-refractivity contribution in [2.24, 2.45) is 0 Å². The molecule has 3 rings (SSSR count). The van der Waals surface area contributed by atoms with Crippen LogP contribution in [0.15, 0.2) is 45.3 Å². The van der Waals surface area contributed by atoms with E-state index in [0.717, 1.165) is 26.7 Å². The third kappa shape index (κ3) is 6.22. The minimum Gasteiger partial charge on any atom is -0.493 e. The van der Waals surface area contributed by atoms with Crippen LogP contribution in [0.3, 0.4) is 0 Å². The van der Waals surface area contributed by atoms with E-state index in [9.17, 15) is 4.79 Å². The number of carbonyl (C=O) groups excluding carboxylic acids is 1. The van der Waals surface area contributed by atoms with E-state index in [1.807, 2.05) is 18.2 Å². The molecule has 30 heavy (non-hydrogen) atoms. The van der Waals surface area contributed by atoms with E-state index in [0.29, 0.717) is 17.5 Å². The van der Waals surface area contributed by atoms with Crippen molar-refractivity contribution < 1.29 is 14.3 Å². The molecule has 162 valence electrons. The number of para-hydroxylation sites is 2. The Kier molecular flexibility index (Phi) is 8.60. The first-order valence-corrected chi connectivity index (χ1v) is 11.8. The second-order valence-corrected chi connectivity index (χ2v) is 9.39. The maximum atomic E-state index is 12.6. The van der Waals surface area contributed by atoms with Gasteiger partial charge in [0.2, 0.25) is 0 Å². The molecule has 0 spiro atoms. The van der Waals surface area contributed by atoms with Crippen LogP contribution in [0.2, 0.25) is 0 Å². The van der Waals surface area contributed by atoms with Gasteiger partial charge < -0.3 is 14.8 Å². The van der Waals surface area contributed by atoms with Crippen molar-refractivity contribution in [3.05, 3.63) is 50.9 Å². The monoisotopic (exact) mass is 538 g/mol. The Balaban J connectivity index is 1.69. The van der Waals surface area contributed by atoms with E-state index >= 15 is 0 Å². The number of nitrogens with one attached hydrogen (secondary N) is 1. The Morgan fingerprint density at radius 3 is 2.53 bits per heavy atom. The summed E-state index contributed by atoms with van der Waals surface area (Å²) in [6.45, 7) is 0.673. The van der Waals surface area contributed by atoms with E-state index in [-0.39, 0.29) is 12.5 Å². The van der Waals surface area contributed by atoms with Gasteiger partial charge >= 0.3 is 0 Å². The number of rotatable bonds is 8. The number of nitrogens with zero attached hydrogens (tertiary/aromatic N) is 1. The fourth-order valence-corrected chi connectivity index (χ4v) is 5.28. The maximum absolute atomic E-state index is 12.6. The second-order valence-electron chi connectivity index (χ2n) is 7.62. The summed E-state index contributed by atoms with van der Waals surface area (Å²) in [6.07, 6.45) is 6.39. The zero-order valence-corrected chi connectivity index (χ0v) is 20.6. The van der Waals surface area contributed by atoms with Crippen molar-refractivity contribution in [3.8, 4) is 11.5 Å². The van der Waals surface area contributed by atoms with Gasteiger partial charge in [-0.05, 0) is 65.6 Å². The smallest absolute Gasteiger partial charge is 0.262 e. The van der Waals surface area contributed by atoms with E-state index in [2.05, 4.69) is 55.2 Å². The largest absolute Gasteiger partial charge is 0.493 e. The van der Waals surface area contributed by atoms with Gasteiger partial charge in [-0.1, -0.05) is 47.3 Å². The highest BCUT2D eigenvalue weighted by molar-refractivity contribution is 9.11. The van der Waals surface area contributed by atoms with Crippen LogP contribution in [0, 0.1) is 0 Å². The summed E-state index contributed by atoms with van der Waals surface area (Å²) in [5.41, 5.74) is 1.85. The van der Waals surface area contributed by atoms with Crippen LogP contribution in [0.4, 0.5) is 5.69 Å². The molecular formula is C23H28Br2N2O3. The average molecular weight is 540 g/mol. The highest BCUT2D eigenvalue weighted by Gasteiger charge is 2.20. The molecule has 2 aromatic rings. The number of anilines is 1. The van der Waals surface area contributed by atoms with E-state index in [4.69, 9.17) is 9.47 Å². The Morgan fingerprint density at radius 2 is 1.83 bits per heavy atom. The minimum absolute atomic E-state index is 0.0964. The molecule has 1 amide bonds. The second kappa shape index (κ2) is 11.2. The molecule has 0 bridgehead atoms. The molecule has 0 atom stereocenters. The Bertz CT molecular complexity index is 870. The van der Waals surface area contributed by atoms with Gasteiger partial charge in [0.25, 0.3) is 5.91 Å². The van der Waals surface area contributed by atoms with Crippen LogP contribution in [-0.2, 0) is 11.3 Å². The molecule has 1 saturated carbocycles. The average Bonchev–Trinajstić information content (AvgIpc) is 2.75. The summed E-state index contributed by atoms with van der Waals surface area (Å²) in [4.78, 5) is 15.0. The zero-order valence-electron chi connectivity index (χ0n) is 17.4. The van der Waals surface area contributed by atoms with E-state index in [1.165, 1.54) is 32.1 Å². The zero-order chi connectivity index (χ0) is 21.5. The van der Waals surface area contributed by atoms with Gasteiger partial charge in [0.05, 0.1) is 12.8 Å². The van der Waals surface area contributed by atoms with Crippen LogP contribution >= 0.6 is 31.9 Å². The summed E-state index contributed by atoms with van der Waals surface area (Å²) < 4.78 is 12.8. The van der Waals surface area contributed by atoms with Crippen molar-refractivity contribution in [2.45, 2.75) is 44.7 Å². The molecule has 0 heterocycles. The quantitative estimate of drug-likeness (QED) is 0.447. The van der Waals surface area contributed by atoms with E-state index < -0.39 is 0 Å². The summed E-state index contributed by atoms with van der Waals surface area (Å²) in [5.74, 6) is 0.928. The van der Waals surface area contributed by atoms with Crippen molar-refractivity contribution in [1.29, 1.82) is 0 Å². The van der Waals surface area contributed by atoms with Crippen LogP contribution in [0.1, 0.15) is 37.7 Å². The van der Waals surface area contributed by atoms with Crippen molar-refractivity contribution in [2.75, 3.05) is 26.1 Å². The number of carbonyl (C=O) groups is 1. The third-order valence-corrected chi connectivity index (χ3v) is 6.53. The molecule has 5 nitrogen and oxygen atoms in total. The highest BCUT2D eigenvalue weighted by atomic mass is 79.9. The first-order chi connectivity index (χ1) is 14.5. The number of ether oxygens (including phenoxy) is 2. The van der Waals surface area contributed by atoms with Crippen molar-refractivity contribution >= 4 is 43.5 Å². The van der Waals surface area contributed by atoms with Gasteiger partial charge in [0.15, 0.2) is 18.1 Å². The third-order valence-electron chi connectivity index (χ3n) is 5.45. The summed E-state index contributed by atoms with van der Waals surface area (Å²) in [5, 5.41) is 3.02. The standard InChI is InChI=1S/C23H28Br2N2O3/c1-27(18-8-4-3-5-9-18)14-16-12-17(24)13-19(25)23(16)26-22(28)15-30-21-11-7-6-10-20(21)29-2/h6-7,10-13,18H,3-5,8-9,14-15H2,1-2H3,(H,26,28). The van der Waals surface area contributed by atoms with Gasteiger partial charge in [-0.15, -0.1) is 0 Å². The molecule has 1 aliphatic rings. The molecule has 0 radical (unpaired) electrons. The first kappa shape index (κ1) is 23.1. The van der Waals surface area contributed by atoms with Crippen LogP contribution < -0.4 is 14.8 Å². The topological polar surface area (TPSA) is 50.8 Å². The molecule has 0 aliphatic heterocycles. The number of hydrogen-bond donors (Lipinski definition) is 1. The molecular weight excluding hydrogens is 512 g/mol. The molecule has 0 unspecified atom stereocenters. The van der Waals surface area contributed by atoms with Gasteiger partial charge in [-0.3, -0.25) is 9.69 Å². The Labute approximate surface area is 195 Å². The molecule has 0 saturated heterocycles.